The Morgan fingerprint density at radius 1 is 1.10 bits per heavy atom. The van der Waals surface area contributed by atoms with E-state index in [1.807, 2.05) is 29.6 Å². The van der Waals surface area contributed by atoms with E-state index in [1.165, 1.54) is 5.56 Å². The fraction of sp³-hybridized carbons (Fsp3) is 0.250. The third kappa shape index (κ3) is 4.25. The number of amides is 1. The van der Waals surface area contributed by atoms with E-state index in [0.717, 1.165) is 33.8 Å². The minimum atomic E-state index is -0.118. The zero-order chi connectivity index (χ0) is 20.2. The summed E-state index contributed by atoms with van der Waals surface area (Å²) in [4.78, 5) is 18.7. The van der Waals surface area contributed by atoms with Crippen LogP contribution in [0.15, 0.2) is 66.0 Å². The summed E-state index contributed by atoms with van der Waals surface area (Å²) in [6.07, 6.45) is 1.04. The first-order valence-corrected chi connectivity index (χ1v) is 10.9. The van der Waals surface area contributed by atoms with Gasteiger partial charge in [0, 0.05) is 24.3 Å². The van der Waals surface area contributed by atoms with Crippen LogP contribution in [-0.4, -0.2) is 15.5 Å². The number of hydrogen-bond acceptors (Lipinski definition) is 3. The normalized spacial score (nSPS) is 12.2. The Labute approximate surface area is 175 Å². The molecular weight excluding hydrogens is 378 g/mol. The summed E-state index contributed by atoms with van der Waals surface area (Å²) >= 11 is 1.66. The quantitative estimate of drug-likeness (QED) is 0.457. The molecular formula is C24H25N3OS. The molecule has 0 spiro atoms. The number of imidazole rings is 1. The van der Waals surface area contributed by atoms with Gasteiger partial charge in [-0.2, -0.15) is 0 Å². The number of nitrogens with one attached hydrogen (secondary N) is 1. The molecule has 2 aromatic carbocycles. The van der Waals surface area contributed by atoms with Gasteiger partial charge in [-0.1, -0.05) is 48.0 Å². The number of carbonyl (C=O) groups is 1. The number of benzene rings is 2. The molecule has 4 nitrogen and oxygen atoms in total. The number of aromatic nitrogens is 2. The summed E-state index contributed by atoms with van der Waals surface area (Å²) in [5, 5.41) is 5.28. The molecule has 0 saturated heterocycles. The minimum Gasteiger partial charge on any atom is -0.344 e. The second kappa shape index (κ2) is 8.62. The molecule has 0 radical (unpaired) electrons. The molecule has 148 valence electrons. The summed E-state index contributed by atoms with van der Waals surface area (Å²) in [6, 6.07) is 20.5. The van der Waals surface area contributed by atoms with E-state index < -0.39 is 0 Å². The van der Waals surface area contributed by atoms with Gasteiger partial charge in [0.2, 0.25) is 5.91 Å². The Morgan fingerprint density at radius 3 is 2.62 bits per heavy atom. The Kier molecular flexibility index (Phi) is 5.76. The van der Waals surface area contributed by atoms with Crippen LogP contribution in [0.4, 0.5) is 0 Å². The van der Waals surface area contributed by atoms with E-state index in [1.54, 1.807) is 11.3 Å². The molecule has 0 saturated carbocycles. The molecule has 4 aromatic rings. The molecule has 5 heteroatoms. The maximum absolute atomic E-state index is 12.8. The molecule has 0 aliphatic carbocycles. The van der Waals surface area contributed by atoms with Crippen LogP contribution in [0.1, 0.15) is 41.2 Å². The van der Waals surface area contributed by atoms with Crippen molar-refractivity contribution < 1.29 is 4.79 Å². The van der Waals surface area contributed by atoms with Crippen molar-refractivity contribution in [2.45, 2.75) is 39.3 Å². The van der Waals surface area contributed by atoms with Gasteiger partial charge in [0.25, 0.3) is 0 Å². The number of nitrogens with zero attached hydrogens (tertiary/aromatic N) is 2. The van der Waals surface area contributed by atoms with E-state index in [-0.39, 0.29) is 11.9 Å². The lowest BCUT2D eigenvalue weighted by Crippen LogP contribution is -2.29. The smallest absolute Gasteiger partial charge is 0.221 e. The molecule has 0 aliphatic heterocycles. The third-order valence-electron chi connectivity index (χ3n) is 5.17. The maximum atomic E-state index is 12.8. The van der Waals surface area contributed by atoms with Gasteiger partial charge in [-0.05, 0) is 43.0 Å². The molecule has 0 bridgehead atoms. The van der Waals surface area contributed by atoms with E-state index in [2.05, 4.69) is 60.1 Å². The van der Waals surface area contributed by atoms with E-state index >= 15 is 0 Å². The molecule has 0 fully saturated rings. The molecule has 0 aliphatic rings. The summed E-state index contributed by atoms with van der Waals surface area (Å²) in [6.45, 7) is 5.03. The SMILES string of the molecule is CCn1c(CCC(=O)NC(c2ccc(C)cc2)c2cccs2)nc2ccccc21. The average molecular weight is 404 g/mol. The number of rotatable bonds is 7. The second-order valence-corrected chi connectivity index (χ2v) is 8.17. The molecule has 2 heterocycles. The molecule has 1 amide bonds. The largest absolute Gasteiger partial charge is 0.344 e. The van der Waals surface area contributed by atoms with Gasteiger partial charge in [0.05, 0.1) is 17.1 Å². The van der Waals surface area contributed by atoms with Crippen LogP contribution in [0.2, 0.25) is 0 Å². The number of para-hydroxylation sites is 2. The molecule has 4 rings (SSSR count). The monoisotopic (exact) mass is 403 g/mol. The Balaban J connectivity index is 1.50. The first kappa shape index (κ1) is 19.4. The van der Waals surface area contributed by atoms with Crippen LogP contribution in [0, 0.1) is 6.92 Å². The van der Waals surface area contributed by atoms with Gasteiger partial charge in [0.1, 0.15) is 5.82 Å². The number of thiophene rings is 1. The van der Waals surface area contributed by atoms with E-state index in [0.29, 0.717) is 12.8 Å². The standard InChI is InChI=1S/C24H25N3OS/c1-3-27-20-8-5-4-7-19(20)25-22(27)14-15-23(28)26-24(21-9-6-16-29-21)18-12-10-17(2)11-13-18/h4-13,16,24H,3,14-15H2,1-2H3,(H,26,28). The van der Waals surface area contributed by atoms with Crippen LogP contribution in [0.5, 0.6) is 0 Å². The van der Waals surface area contributed by atoms with Crippen molar-refractivity contribution in [3.05, 3.63) is 87.9 Å². The van der Waals surface area contributed by atoms with Gasteiger partial charge < -0.3 is 9.88 Å². The van der Waals surface area contributed by atoms with Gasteiger partial charge in [-0.3, -0.25) is 4.79 Å². The highest BCUT2D eigenvalue weighted by atomic mass is 32.1. The lowest BCUT2D eigenvalue weighted by atomic mass is 10.0. The van der Waals surface area contributed by atoms with Crippen molar-refractivity contribution in [3.8, 4) is 0 Å². The van der Waals surface area contributed by atoms with Crippen molar-refractivity contribution in [2.24, 2.45) is 0 Å². The fourth-order valence-electron chi connectivity index (χ4n) is 3.66. The first-order valence-electron chi connectivity index (χ1n) is 9.99. The number of carbonyl (C=O) groups excluding carboxylic acids is 1. The number of fused-ring (bicyclic) bond motifs is 1. The highest BCUT2D eigenvalue weighted by molar-refractivity contribution is 7.10. The van der Waals surface area contributed by atoms with Gasteiger partial charge in [0.15, 0.2) is 0 Å². The Bertz CT molecular complexity index is 1100. The molecule has 1 atom stereocenters. The lowest BCUT2D eigenvalue weighted by molar-refractivity contribution is -0.121. The van der Waals surface area contributed by atoms with Crippen LogP contribution >= 0.6 is 11.3 Å². The molecule has 29 heavy (non-hydrogen) atoms. The molecule has 1 N–H and O–H groups in total. The number of aryl methyl sites for hydroxylation is 3. The van der Waals surface area contributed by atoms with Crippen molar-refractivity contribution in [1.82, 2.24) is 14.9 Å². The average Bonchev–Trinajstić information content (AvgIpc) is 3.38. The maximum Gasteiger partial charge on any atom is 0.221 e. The van der Waals surface area contributed by atoms with Crippen LogP contribution in [0.3, 0.4) is 0 Å². The topological polar surface area (TPSA) is 46.9 Å². The van der Waals surface area contributed by atoms with Crippen LogP contribution in [0.25, 0.3) is 11.0 Å². The van der Waals surface area contributed by atoms with Crippen LogP contribution in [-0.2, 0) is 17.8 Å². The highest BCUT2D eigenvalue weighted by Gasteiger charge is 2.18. The summed E-state index contributed by atoms with van der Waals surface area (Å²) in [5.74, 6) is 1.01. The van der Waals surface area contributed by atoms with E-state index in [9.17, 15) is 4.79 Å². The van der Waals surface area contributed by atoms with Crippen molar-refractivity contribution >= 4 is 28.3 Å². The van der Waals surface area contributed by atoms with Crippen molar-refractivity contribution in [2.75, 3.05) is 0 Å². The van der Waals surface area contributed by atoms with Gasteiger partial charge >= 0.3 is 0 Å². The Hall–Kier alpha value is -2.92. The predicted octanol–water partition coefficient (Wildman–Crippen LogP) is 5.26. The fourth-order valence-corrected chi connectivity index (χ4v) is 4.46. The van der Waals surface area contributed by atoms with Crippen LogP contribution < -0.4 is 5.32 Å². The molecule has 1 unspecified atom stereocenters. The second-order valence-electron chi connectivity index (χ2n) is 7.19. The van der Waals surface area contributed by atoms with E-state index in [4.69, 9.17) is 4.98 Å². The Morgan fingerprint density at radius 2 is 1.90 bits per heavy atom. The lowest BCUT2D eigenvalue weighted by Gasteiger charge is -2.18. The van der Waals surface area contributed by atoms with Gasteiger partial charge in [-0.15, -0.1) is 11.3 Å². The minimum absolute atomic E-state index is 0.0404. The zero-order valence-electron chi connectivity index (χ0n) is 16.8. The predicted molar refractivity (Wildman–Crippen MR) is 119 cm³/mol. The summed E-state index contributed by atoms with van der Waals surface area (Å²) < 4.78 is 2.19. The number of hydrogen-bond donors (Lipinski definition) is 1. The third-order valence-corrected chi connectivity index (χ3v) is 6.11. The van der Waals surface area contributed by atoms with Gasteiger partial charge in [-0.25, -0.2) is 4.98 Å². The zero-order valence-corrected chi connectivity index (χ0v) is 17.6. The molecule has 2 aromatic heterocycles. The van der Waals surface area contributed by atoms with Crippen molar-refractivity contribution in [1.29, 1.82) is 0 Å². The highest BCUT2D eigenvalue weighted by Crippen LogP contribution is 2.26. The summed E-state index contributed by atoms with van der Waals surface area (Å²) in [7, 11) is 0. The first-order chi connectivity index (χ1) is 14.2. The summed E-state index contributed by atoms with van der Waals surface area (Å²) in [5.41, 5.74) is 4.43. The van der Waals surface area contributed by atoms with Crippen molar-refractivity contribution in [3.63, 3.8) is 0 Å².